The molecule has 1 amide bonds. The Morgan fingerprint density at radius 1 is 1.07 bits per heavy atom. The third kappa shape index (κ3) is 4.35. The number of hydrogen-bond acceptors (Lipinski definition) is 5. The van der Waals surface area contributed by atoms with E-state index in [1.165, 1.54) is 0 Å². The molecule has 0 aliphatic heterocycles. The van der Waals surface area contributed by atoms with E-state index in [-0.39, 0.29) is 25.6 Å². The van der Waals surface area contributed by atoms with Crippen molar-refractivity contribution in [1.29, 1.82) is 0 Å². The SMILES string of the molecule is COc1ccc(OCCNC(=O)Cn2c(=O)c(=O)[nH]c3ccccc32)cc1. The van der Waals surface area contributed by atoms with Gasteiger partial charge in [0, 0.05) is 0 Å². The summed E-state index contributed by atoms with van der Waals surface area (Å²) < 4.78 is 11.8. The second-order valence-corrected chi connectivity index (χ2v) is 5.74. The zero-order chi connectivity index (χ0) is 19.2. The number of rotatable bonds is 7. The van der Waals surface area contributed by atoms with Crippen LogP contribution in [0.1, 0.15) is 0 Å². The number of H-pyrrole nitrogens is 1. The first kappa shape index (κ1) is 18.2. The zero-order valence-corrected chi connectivity index (χ0v) is 14.7. The number of benzene rings is 2. The number of ether oxygens (including phenoxy) is 2. The van der Waals surface area contributed by atoms with Crippen molar-refractivity contribution in [3.05, 3.63) is 69.2 Å². The summed E-state index contributed by atoms with van der Waals surface area (Å²) in [5.74, 6) is 0.999. The maximum Gasteiger partial charge on any atom is 0.317 e. The molecule has 140 valence electrons. The van der Waals surface area contributed by atoms with Gasteiger partial charge < -0.3 is 19.8 Å². The molecule has 2 aromatic carbocycles. The Bertz CT molecular complexity index is 1050. The van der Waals surface area contributed by atoms with Crippen LogP contribution in [0.25, 0.3) is 11.0 Å². The summed E-state index contributed by atoms with van der Waals surface area (Å²) >= 11 is 0. The average molecular weight is 369 g/mol. The van der Waals surface area contributed by atoms with Gasteiger partial charge in [-0.1, -0.05) is 12.1 Å². The molecule has 0 radical (unpaired) electrons. The van der Waals surface area contributed by atoms with Crippen molar-refractivity contribution in [2.45, 2.75) is 6.54 Å². The molecular weight excluding hydrogens is 350 g/mol. The third-order valence-corrected chi connectivity index (χ3v) is 3.94. The first-order chi connectivity index (χ1) is 13.1. The molecule has 1 aromatic heterocycles. The lowest BCUT2D eigenvalue weighted by atomic mass is 10.3. The summed E-state index contributed by atoms with van der Waals surface area (Å²) in [4.78, 5) is 38.5. The van der Waals surface area contributed by atoms with Crippen molar-refractivity contribution in [2.24, 2.45) is 0 Å². The van der Waals surface area contributed by atoms with Crippen molar-refractivity contribution < 1.29 is 14.3 Å². The molecule has 0 saturated carbocycles. The van der Waals surface area contributed by atoms with E-state index in [2.05, 4.69) is 10.3 Å². The van der Waals surface area contributed by atoms with E-state index in [0.717, 1.165) is 10.3 Å². The van der Waals surface area contributed by atoms with Crippen LogP contribution in [-0.2, 0) is 11.3 Å². The Hall–Kier alpha value is -3.55. The van der Waals surface area contributed by atoms with Gasteiger partial charge >= 0.3 is 11.1 Å². The largest absolute Gasteiger partial charge is 0.497 e. The number of aromatic amines is 1. The Kier molecular flexibility index (Phi) is 5.55. The van der Waals surface area contributed by atoms with E-state index in [4.69, 9.17) is 9.47 Å². The summed E-state index contributed by atoms with van der Waals surface area (Å²) in [5, 5.41) is 2.67. The molecule has 0 bridgehead atoms. The number of hydrogen-bond donors (Lipinski definition) is 2. The molecular formula is C19H19N3O5. The topological polar surface area (TPSA) is 102 Å². The van der Waals surface area contributed by atoms with Gasteiger partial charge in [0.25, 0.3) is 0 Å². The minimum Gasteiger partial charge on any atom is -0.497 e. The second-order valence-electron chi connectivity index (χ2n) is 5.74. The molecule has 0 fully saturated rings. The van der Waals surface area contributed by atoms with E-state index in [1.807, 2.05) is 0 Å². The van der Waals surface area contributed by atoms with Crippen LogP contribution in [0.2, 0.25) is 0 Å². The fraction of sp³-hybridized carbons (Fsp3) is 0.211. The Morgan fingerprint density at radius 3 is 2.52 bits per heavy atom. The van der Waals surface area contributed by atoms with Crippen molar-refractivity contribution in [3.8, 4) is 11.5 Å². The molecule has 0 aliphatic carbocycles. The maximum atomic E-state index is 12.2. The molecule has 0 unspecified atom stereocenters. The highest BCUT2D eigenvalue weighted by Crippen LogP contribution is 2.16. The number of carbonyl (C=O) groups excluding carboxylic acids is 1. The van der Waals surface area contributed by atoms with Gasteiger partial charge in [-0.05, 0) is 36.4 Å². The number of aromatic nitrogens is 2. The predicted octanol–water partition coefficient (Wildman–Crippen LogP) is 0.894. The minimum absolute atomic E-state index is 0.244. The smallest absolute Gasteiger partial charge is 0.317 e. The molecule has 8 heteroatoms. The second kappa shape index (κ2) is 8.22. The monoisotopic (exact) mass is 369 g/mol. The highest BCUT2D eigenvalue weighted by molar-refractivity contribution is 5.79. The fourth-order valence-electron chi connectivity index (χ4n) is 2.61. The minimum atomic E-state index is -0.765. The van der Waals surface area contributed by atoms with Crippen LogP contribution in [0.5, 0.6) is 11.5 Å². The fourth-order valence-corrected chi connectivity index (χ4v) is 2.61. The number of carbonyl (C=O) groups is 1. The van der Waals surface area contributed by atoms with Gasteiger partial charge in [0.1, 0.15) is 24.7 Å². The van der Waals surface area contributed by atoms with E-state index >= 15 is 0 Å². The number of amides is 1. The van der Waals surface area contributed by atoms with Crippen LogP contribution < -0.4 is 25.9 Å². The van der Waals surface area contributed by atoms with Crippen LogP contribution in [0.4, 0.5) is 0 Å². The third-order valence-electron chi connectivity index (χ3n) is 3.94. The molecule has 3 aromatic rings. The molecule has 27 heavy (non-hydrogen) atoms. The van der Waals surface area contributed by atoms with Crippen LogP contribution >= 0.6 is 0 Å². The van der Waals surface area contributed by atoms with Gasteiger partial charge in [-0.3, -0.25) is 19.0 Å². The lowest BCUT2D eigenvalue weighted by Gasteiger charge is -2.11. The predicted molar refractivity (Wildman–Crippen MR) is 100 cm³/mol. The van der Waals surface area contributed by atoms with Crippen molar-refractivity contribution >= 4 is 16.9 Å². The van der Waals surface area contributed by atoms with E-state index in [9.17, 15) is 14.4 Å². The van der Waals surface area contributed by atoms with Crippen LogP contribution in [0, 0.1) is 0 Å². The summed E-state index contributed by atoms with van der Waals surface area (Å²) in [6.07, 6.45) is 0. The molecule has 0 atom stereocenters. The van der Waals surface area contributed by atoms with Gasteiger partial charge in [-0.2, -0.15) is 0 Å². The molecule has 0 spiro atoms. The Balaban J connectivity index is 1.58. The highest BCUT2D eigenvalue weighted by Gasteiger charge is 2.10. The summed E-state index contributed by atoms with van der Waals surface area (Å²) in [6, 6.07) is 13.9. The average Bonchev–Trinajstić information content (AvgIpc) is 2.69. The molecule has 0 aliphatic rings. The van der Waals surface area contributed by atoms with Gasteiger partial charge in [-0.15, -0.1) is 0 Å². The molecule has 0 saturated heterocycles. The van der Waals surface area contributed by atoms with E-state index in [1.54, 1.807) is 55.6 Å². The number of nitrogens with one attached hydrogen (secondary N) is 2. The number of para-hydroxylation sites is 2. The quantitative estimate of drug-likeness (QED) is 0.476. The number of fused-ring (bicyclic) bond motifs is 1. The van der Waals surface area contributed by atoms with Crippen molar-refractivity contribution in [3.63, 3.8) is 0 Å². The molecule has 8 nitrogen and oxygen atoms in total. The Labute approximate surface area is 154 Å². The van der Waals surface area contributed by atoms with Crippen LogP contribution in [-0.4, -0.2) is 35.7 Å². The highest BCUT2D eigenvalue weighted by atomic mass is 16.5. The van der Waals surface area contributed by atoms with Crippen molar-refractivity contribution in [2.75, 3.05) is 20.3 Å². The standard InChI is InChI=1S/C19H19N3O5/c1-26-13-6-8-14(9-7-13)27-11-10-20-17(23)12-22-16-5-3-2-4-15(16)21-18(24)19(22)25/h2-9H,10-12H2,1H3,(H,20,23)(H,21,24). The lowest BCUT2D eigenvalue weighted by Crippen LogP contribution is -2.40. The van der Waals surface area contributed by atoms with Crippen LogP contribution in [0.3, 0.4) is 0 Å². The maximum absolute atomic E-state index is 12.2. The molecule has 2 N–H and O–H groups in total. The summed E-state index contributed by atoms with van der Waals surface area (Å²) in [7, 11) is 1.58. The van der Waals surface area contributed by atoms with E-state index in [0.29, 0.717) is 16.8 Å². The van der Waals surface area contributed by atoms with Gasteiger partial charge in [0.2, 0.25) is 5.91 Å². The summed E-state index contributed by atoms with van der Waals surface area (Å²) in [6.45, 7) is 0.287. The first-order valence-corrected chi connectivity index (χ1v) is 8.34. The lowest BCUT2D eigenvalue weighted by molar-refractivity contribution is -0.121. The van der Waals surface area contributed by atoms with E-state index < -0.39 is 11.1 Å². The number of methoxy groups -OCH3 is 1. The van der Waals surface area contributed by atoms with Crippen molar-refractivity contribution in [1.82, 2.24) is 14.9 Å². The Morgan fingerprint density at radius 2 is 1.78 bits per heavy atom. The molecule has 1 heterocycles. The van der Waals surface area contributed by atoms with Gasteiger partial charge in [-0.25, -0.2) is 0 Å². The molecule has 3 rings (SSSR count). The zero-order valence-electron chi connectivity index (χ0n) is 14.7. The summed E-state index contributed by atoms with van der Waals surface area (Å²) in [5.41, 5.74) is -0.535. The normalized spacial score (nSPS) is 10.6. The number of nitrogens with zero attached hydrogens (tertiary/aromatic N) is 1. The first-order valence-electron chi connectivity index (χ1n) is 8.34. The van der Waals surface area contributed by atoms with Crippen LogP contribution in [0.15, 0.2) is 58.1 Å². The van der Waals surface area contributed by atoms with Gasteiger partial charge in [0.05, 0.1) is 24.7 Å². The van der Waals surface area contributed by atoms with Gasteiger partial charge in [0.15, 0.2) is 0 Å².